The second kappa shape index (κ2) is 4.55. The summed E-state index contributed by atoms with van der Waals surface area (Å²) in [6.07, 6.45) is 0.794. The molecule has 0 amide bonds. The molecule has 1 heterocycles. The van der Waals surface area contributed by atoms with Gasteiger partial charge in [0.25, 0.3) is 0 Å². The number of ether oxygens (including phenoxy) is 1. The monoisotopic (exact) mass is 188 g/mol. The lowest BCUT2D eigenvalue weighted by molar-refractivity contribution is -0.142. The third kappa shape index (κ3) is 2.65. The fourth-order valence-corrected chi connectivity index (χ4v) is 1.56. The standard InChI is InChI=1S/C8H16N2O3/c1-13-8(12)6(9)4-5-2-3-10-7(5)11/h5-7,10-11H,2-4,9H2,1H3/t5-,6-,7?/m0/s1. The molecule has 1 aliphatic rings. The summed E-state index contributed by atoms with van der Waals surface area (Å²) in [6, 6.07) is -0.621. The molecule has 0 aliphatic carbocycles. The quantitative estimate of drug-likeness (QED) is 0.485. The van der Waals surface area contributed by atoms with E-state index >= 15 is 0 Å². The molecule has 0 saturated carbocycles. The van der Waals surface area contributed by atoms with Crippen LogP contribution in [0.2, 0.25) is 0 Å². The Kier molecular flexibility index (Phi) is 3.65. The predicted molar refractivity (Wildman–Crippen MR) is 46.7 cm³/mol. The molecule has 1 unspecified atom stereocenters. The third-order valence-electron chi connectivity index (χ3n) is 2.38. The second-order valence-electron chi connectivity index (χ2n) is 3.31. The average molecular weight is 188 g/mol. The molecule has 0 bridgehead atoms. The molecule has 0 aromatic heterocycles. The first-order valence-corrected chi connectivity index (χ1v) is 4.40. The summed E-state index contributed by atoms with van der Waals surface area (Å²) < 4.78 is 4.49. The van der Waals surface area contributed by atoms with E-state index in [-0.39, 0.29) is 5.92 Å². The lowest BCUT2D eigenvalue weighted by atomic mass is 9.98. The van der Waals surface area contributed by atoms with E-state index in [1.807, 2.05) is 0 Å². The Morgan fingerprint density at radius 3 is 3.00 bits per heavy atom. The molecule has 5 nitrogen and oxygen atoms in total. The number of rotatable bonds is 3. The molecule has 5 heteroatoms. The van der Waals surface area contributed by atoms with Crippen LogP contribution in [-0.4, -0.2) is 37.0 Å². The van der Waals surface area contributed by atoms with E-state index in [2.05, 4.69) is 10.1 Å². The molecule has 1 fully saturated rings. The highest BCUT2D eigenvalue weighted by Crippen LogP contribution is 2.18. The smallest absolute Gasteiger partial charge is 0.322 e. The van der Waals surface area contributed by atoms with Crippen molar-refractivity contribution in [3.63, 3.8) is 0 Å². The zero-order valence-electron chi connectivity index (χ0n) is 7.69. The molecule has 0 spiro atoms. The molecule has 1 aliphatic heterocycles. The minimum atomic E-state index is -0.621. The average Bonchev–Trinajstić information content (AvgIpc) is 2.50. The van der Waals surface area contributed by atoms with Gasteiger partial charge in [0.2, 0.25) is 0 Å². The van der Waals surface area contributed by atoms with Crippen LogP contribution in [0.1, 0.15) is 12.8 Å². The lowest BCUT2D eigenvalue weighted by Crippen LogP contribution is -2.37. The van der Waals surface area contributed by atoms with Gasteiger partial charge in [0.05, 0.1) is 7.11 Å². The van der Waals surface area contributed by atoms with Crippen LogP contribution >= 0.6 is 0 Å². The van der Waals surface area contributed by atoms with Crippen molar-refractivity contribution in [2.75, 3.05) is 13.7 Å². The zero-order valence-corrected chi connectivity index (χ0v) is 7.69. The van der Waals surface area contributed by atoms with Gasteiger partial charge in [-0.2, -0.15) is 0 Å². The largest absolute Gasteiger partial charge is 0.468 e. The number of hydrogen-bond acceptors (Lipinski definition) is 5. The van der Waals surface area contributed by atoms with Crippen molar-refractivity contribution in [2.24, 2.45) is 11.7 Å². The zero-order chi connectivity index (χ0) is 9.84. The van der Waals surface area contributed by atoms with Crippen LogP contribution in [0.5, 0.6) is 0 Å². The van der Waals surface area contributed by atoms with Crippen molar-refractivity contribution < 1.29 is 14.6 Å². The first-order valence-electron chi connectivity index (χ1n) is 4.40. The SMILES string of the molecule is COC(=O)[C@@H](N)C[C@@H]1CCNC1O. The van der Waals surface area contributed by atoms with Gasteiger partial charge in [-0.05, 0) is 19.4 Å². The maximum absolute atomic E-state index is 11.0. The summed E-state index contributed by atoms with van der Waals surface area (Å²) in [4.78, 5) is 11.0. The van der Waals surface area contributed by atoms with Crippen molar-refractivity contribution in [1.82, 2.24) is 5.32 Å². The highest BCUT2D eigenvalue weighted by molar-refractivity contribution is 5.75. The highest BCUT2D eigenvalue weighted by atomic mass is 16.5. The first-order chi connectivity index (χ1) is 6.15. The predicted octanol–water partition coefficient (Wildman–Crippen LogP) is -1.20. The van der Waals surface area contributed by atoms with Gasteiger partial charge in [-0.25, -0.2) is 0 Å². The van der Waals surface area contributed by atoms with Gasteiger partial charge in [-0.1, -0.05) is 0 Å². The molecule has 0 radical (unpaired) electrons. The van der Waals surface area contributed by atoms with Crippen molar-refractivity contribution in [3.8, 4) is 0 Å². The number of carbonyl (C=O) groups is 1. The van der Waals surface area contributed by atoms with E-state index in [4.69, 9.17) is 5.73 Å². The van der Waals surface area contributed by atoms with Crippen LogP contribution in [0.3, 0.4) is 0 Å². The summed E-state index contributed by atoms with van der Waals surface area (Å²) >= 11 is 0. The van der Waals surface area contributed by atoms with Gasteiger partial charge in [0, 0.05) is 5.92 Å². The van der Waals surface area contributed by atoms with Crippen molar-refractivity contribution in [2.45, 2.75) is 25.1 Å². The number of nitrogens with two attached hydrogens (primary N) is 1. The molecule has 0 aromatic carbocycles. The summed E-state index contributed by atoms with van der Waals surface area (Å²) in [6.45, 7) is 0.778. The Labute approximate surface area is 77.2 Å². The van der Waals surface area contributed by atoms with Crippen molar-refractivity contribution in [1.29, 1.82) is 0 Å². The fourth-order valence-electron chi connectivity index (χ4n) is 1.56. The van der Waals surface area contributed by atoms with Gasteiger partial charge in [0.15, 0.2) is 0 Å². The maximum Gasteiger partial charge on any atom is 0.322 e. The minimum Gasteiger partial charge on any atom is -0.468 e. The number of esters is 1. The summed E-state index contributed by atoms with van der Waals surface area (Å²) in [7, 11) is 1.31. The van der Waals surface area contributed by atoms with E-state index in [0.29, 0.717) is 6.42 Å². The summed E-state index contributed by atoms with van der Waals surface area (Å²) in [5, 5.41) is 12.3. The maximum atomic E-state index is 11.0. The van der Waals surface area contributed by atoms with Crippen LogP contribution in [0.25, 0.3) is 0 Å². The van der Waals surface area contributed by atoms with Gasteiger partial charge in [-0.15, -0.1) is 0 Å². The summed E-state index contributed by atoms with van der Waals surface area (Å²) in [5.74, 6) is -0.354. The Balaban J connectivity index is 2.34. The van der Waals surface area contributed by atoms with Gasteiger partial charge < -0.3 is 15.6 Å². The van der Waals surface area contributed by atoms with Crippen molar-refractivity contribution in [3.05, 3.63) is 0 Å². The molecule has 1 rings (SSSR count). The Morgan fingerprint density at radius 1 is 1.85 bits per heavy atom. The van der Waals surface area contributed by atoms with Crippen LogP contribution < -0.4 is 11.1 Å². The minimum absolute atomic E-state index is 0.0640. The van der Waals surface area contributed by atoms with Crippen LogP contribution in [0.4, 0.5) is 0 Å². The number of methoxy groups -OCH3 is 1. The molecular weight excluding hydrogens is 172 g/mol. The van der Waals surface area contributed by atoms with Crippen molar-refractivity contribution >= 4 is 5.97 Å². The van der Waals surface area contributed by atoms with Crippen LogP contribution in [0, 0.1) is 5.92 Å². The summed E-state index contributed by atoms with van der Waals surface area (Å²) in [5.41, 5.74) is 5.56. The van der Waals surface area contributed by atoms with Gasteiger partial charge in [0.1, 0.15) is 12.3 Å². The number of aliphatic hydroxyl groups excluding tert-OH is 1. The van der Waals surface area contributed by atoms with Crippen LogP contribution in [0.15, 0.2) is 0 Å². The van der Waals surface area contributed by atoms with E-state index in [1.165, 1.54) is 7.11 Å². The number of aliphatic hydroxyl groups is 1. The normalized spacial score (nSPS) is 30.1. The van der Waals surface area contributed by atoms with E-state index in [9.17, 15) is 9.90 Å². The van der Waals surface area contributed by atoms with Gasteiger partial charge in [-0.3, -0.25) is 10.1 Å². The number of hydrogen-bond donors (Lipinski definition) is 3. The third-order valence-corrected chi connectivity index (χ3v) is 2.38. The molecule has 1 saturated heterocycles. The lowest BCUT2D eigenvalue weighted by Gasteiger charge is -2.17. The Hall–Kier alpha value is -0.650. The van der Waals surface area contributed by atoms with E-state index < -0.39 is 18.2 Å². The number of nitrogens with one attached hydrogen (secondary N) is 1. The molecule has 76 valence electrons. The topological polar surface area (TPSA) is 84.6 Å². The Morgan fingerprint density at radius 2 is 2.54 bits per heavy atom. The molecule has 3 atom stereocenters. The molecular formula is C8H16N2O3. The molecule has 13 heavy (non-hydrogen) atoms. The highest BCUT2D eigenvalue weighted by Gasteiger charge is 2.28. The molecule has 4 N–H and O–H groups in total. The van der Waals surface area contributed by atoms with Gasteiger partial charge >= 0.3 is 5.97 Å². The Bertz CT molecular complexity index is 186. The molecule has 0 aromatic rings. The number of carbonyl (C=O) groups excluding carboxylic acids is 1. The van der Waals surface area contributed by atoms with Crippen LogP contribution in [-0.2, 0) is 9.53 Å². The van der Waals surface area contributed by atoms with E-state index in [0.717, 1.165) is 13.0 Å². The fraction of sp³-hybridized carbons (Fsp3) is 0.875. The second-order valence-corrected chi connectivity index (χ2v) is 3.31. The first kappa shape index (κ1) is 10.4. The van der Waals surface area contributed by atoms with E-state index in [1.54, 1.807) is 0 Å².